The van der Waals surface area contributed by atoms with Gasteiger partial charge in [0.05, 0.1) is 18.1 Å². The minimum atomic E-state index is -0.234. The standard InChI is InChI=1S/C12H14ClNO3/c1-3-17-12-5-4-9(14-8(2)15)6-10(12)11(16)7-13/h4-6H,3,7H2,1-2H3,(H,14,15). The fourth-order valence-electron chi connectivity index (χ4n) is 1.38. The van der Waals surface area contributed by atoms with E-state index in [9.17, 15) is 9.59 Å². The molecule has 0 aromatic heterocycles. The predicted octanol–water partition coefficient (Wildman–Crippen LogP) is 2.47. The van der Waals surface area contributed by atoms with Crippen molar-refractivity contribution in [1.82, 2.24) is 0 Å². The number of ether oxygens (including phenoxy) is 1. The number of ketones is 1. The summed E-state index contributed by atoms with van der Waals surface area (Å²) >= 11 is 5.52. The van der Waals surface area contributed by atoms with Crippen LogP contribution in [0.3, 0.4) is 0 Å². The molecule has 0 spiro atoms. The number of alkyl halides is 1. The van der Waals surface area contributed by atoms with Gasteiger partial charge in [-0.25, -0.2) is 0 Å². The van der Waals surface area contributed by atoms with E-state index in [1.165, 1.54) is 6.92 Å². The monoisotopic (exact) mass is 255 g/mol. The van der Waals surface area contributed by atoms with Gasteiger partial charge in [-0.05, 0) is 25.1 Å². The van der Waals surface area contributed by atoms with Crippen LogP contribution in [0.15, 0.2) is 18.2 Å². The quantitative estimate of drug-likeness (QED) is 0.650. The molecule has 92 valence electrons. The molecule has 1 aromatic rings. The van der Waals surface area contributed by atoms with Crippen LogP contribution in [0, 0.1) is 0 Å². The van der Waals surface area contributed by atoms with Gasteiger partial charge in [-0.3, -0.25) is 9.59 Å². The van der Waals surface area contributed by atoms with Crippen LogP contribution in [0.2, 0.25) is 0 Å². The summed E-state index contributed by atoms with van der Waals surface area (Å²) in [5, 5.41) is 2.60. The van der Waals surface area contributed by atoms with Crippen LogP contribution < -0.4 is 10.1 Å². The molecule has 0 aliphatic rings. The molecule has 5 heteroatoms. The Morgan fingerprint density at radius 2 is 2.12 bits per heavy atom. The van der Waals surface area contributed by atoms with E-state index in [-0.39, 0.29) is 17.6 Å². The number of amides is 1. The molecule has 0 heterocycles. The fraction of sp³-hybridized carbons (Fsp3) is 0.333. The third-order valence-corrected chi connectivity index (χ3v) is 2.26. The van der Waals surface area contributed by atoms with Gasteiger partial charge in [-0.1, -0.05) is 0 Å². The van der Waals surface area contributed by atoms with Crippen LogP contribution >= 0.6 is 11.6 Å². The molecular formula is C12H14ClNO3. The van der Waals surface area contributed by atoms with Crippen LogP contribution in [0.25, 0.3) is 0 Å². The first-order valence-corrected chi connectivity index (χ1v) is 5.75. The molecule has 0 aliphatic carbocycles. The largest absolute Gasteiger partial charge is 0.493 e. The van der Waals surface area contributed by atoms with E-state index in [0.29, 0.717) is 23.6 Å². The summed E-state index contributed by atoms with van der Waals surface area (Å²) in [4.78, 5) is 22.5. The van der Waals surface area contributed by atoms with Crippen molar-refractivity contribution in [3.05, 3.63) is 23.8 Å². The first kappa shape index (κ1) is 13.5. The number of Topliss-reactive ketones (excluding diaryl/α,β-unsaturated/α-hetero) is 1. The van der Waals surface area contributed by atoms with Gasteiger partial charge in [0.15, 0.2) is 5.78 Å². The van der Waals surface area contributed by atoms with Crippen LogP contribution in [0.1, 0.15) is 24.2 Å². The predicted molar refractivity (Wildman–Crippen MR) is 67.0 cm³/mol. The molecule has 1 rings (SSSR count). The SMILES string of the molecule is CCOc1ccc(NC(C)=O)cc1C(=O)CCl. The van der Waals surface area contributed by atoms with E-state index in [2.05, 4.69) is 5.32 Å². The third-order valence-electron chi connectivity index (χ3n) is 2.02. The lowest BCUT2D eigenvalue weighted by molar-refractivity contribution is -0.114. The lowest BCUT2D eigenvalue weighted by Gasteiger charge is -2.10. The highest BCUT2D eigenvalue weighted by molar-refractivity contribution is 6.30. The molecule has 0 radical (unpaired) electrons. The lowest BCUT2D eigenvalue weighted by atomic mass is 10.1. The van der Waals surface area contributed by atoms with Gasteiger partial charge >= 0.3 is 0 Å². The van der Waals surface area contributed by atoms with E-state index in [4.69, 9.17) is 16.3 Å². The number of halogens is 1. The zero-order valence-corrected chi connectivity index (χ0v) is 10.5. The van der Waals surface area contributed by atoms with Crippen LogP contribution in [-0.4, -0.2) is 24.2 Å². The number of nitrogens with one attached hydrogen (secondary N) is 1. The zero-order chi connectivity index (χ0) is 12.8. The Hall–Kier alpha value is -1.55. The van der Waals surface area contributed by atoms with Gasteiger partial charge in [0.25, 0.3) is 0 Å². The van der Waals surface area contributed by atoms with E-state index in [1.54, 1.807) is 18.2 Å². The van der Waals surface area contributed by atoms with Crippen LogP contribution in [-0.2, 0) is 4.79 Å². The Morgan fingerprint density at radius 1 is 1.41 bits per heavy atom. The average Bonchev–Trinajstić information content (AvgIpc) is 2.29. The van der Waals surface area contributed by atoms with Crippen molar-refractivity contribution in [2.24, 2.45) is 0 Å². The third kappa shape index (κ3) is 3.75. The number of anilines is 1. The molecule has 0 saturated carbocycles. The van der Waals surface area contributed by atoms with Crippen molar-refractivity contribution in [2.75, 3.05) is 17.8 Å². The second kappa shape index (κ2) is 6.25. The summed E-state index contributed by atoms with van der Waals surface area (Å²) in [7, 11) is 0. The highest BCUT2D eigenvalue weighted by Crippen LogP contribution is 2.24. The Bertz CT molecular complexity index is 432. The average molecular weight is 256 g/mol. The van der Waals surface area contributed by atoms with Crippen molar-refractivity contribution in [3.8, 4) is 5.75 Å². The number of benzene rings is 1. The zero-order valence-electron chi connectivity index (χ0n) is 9.75. The number of rotatable bonds is 5. The Labute approximate surface area is 105 Å². The molecule has 1 aromatic carbocycles. The summed E-state index contributed by atoms with van der Waals surface area (Å²) in [6.07, 6.45) is 0. The van der Waals surface area contributed by atoms with Crippen molar-refractivity contribution in [2.45, 2.75) is 13.8 Å². The second-order valence-electron chi connectivity index (χ2n) is 3.38. The van der Waals surface area contributed by atoms with E-state index >= 15 is 0 Å². The van der Waals surface area contributed by atoms with Gasteiger partial charge in [0.1, 0.15) is 5.75 Å². The van der Waals surface area contributed by atoms with Crippen molar-refractivity contribution in [1.29, 1.82) is 0 Å². The van der Waals surface area contributed by atoms with E-state index < -0.39 is 0 Å². The van der Waals surface area contributed by atoms with Gasteiger partial charge < -0.3 is 10.1 Å². The minimum Gasteiger partial charge on any atom is -0.493 e. The summed E-state index contributed by atoms with van der Waals surface area (Å²) in [6.45, 7) is 3.69. The van der Waals surface area contributed by atoms with Crippen molar-refractivity contribution >= 4 is 29.0 Å². The number of hydrogen-bond acceptors (Lipinski definition) is 3. The number of carbonyl (C=O) groups is 2. The molecule has 0 saturated heterocycles. The Morgan fingerprint density at radius 3 is 2.65 bits per heavy atom. The summed E-state index contributed by atoms with van der Waals surface area (Å²) in [6, 6.07) is 4.89. The Kier molecular flexibility index (Phi) is 4.97. The Balaban J connectivity index is 3.09. The first-order chi connectivity index (χ1) is 8.08. The lowest BCUT2D eigenvalue weighted by Crippen LogP contribution is -2.09. The van der Waals surface area contributed by atoms with Crippen molar-refractivity contribution < 1.29 is 14.3 Å². The maximum absolute atomic E-state index is 11.6. The minimum absolute atomic E-state index is 0.121. The topological polar surface area (TPSA) is 55.4 Å². The molecule has 1 N–H and O–H groups in total. The number of carbonyl (C=O) groups excluding carboxylic acids is 2. The maximum atomic E-state index is 11.6. The van der Waals surface area contributed by atoms with Gasteiger partial charge in [0.2, 0.25) is 5.91 Å². The number of hydrogen-bond donors (Lipinski definition) is 1. The van der Waals surface area contributed by atoms with Crippen LogP contribution in [0.5, 0.6) is 5.75 Å². The van der Waals surface area contributed by atoms with E-state index in [0.717, 1.165) is 0 Å². The van der Waals surface area contributed by atoms with Crippen LogP contribution in [0.4, 0.5) is 5.69 Å². The van der Waals surface area contributed by atoms with Gasteiger partial charge in [0, 0.05) is 12.6 Å². The molecule has 1 amide bonds. The summed E-state index contributed by atoms with van der Waals surface area (Å²) < 4.78 is 5.33. The molecule has 0 bridgehead atoms. The van der Waals surface area contributed by atoms with E-state index in [1.807, 2.05) is 6.92 Å². The molecule has 17 heavy (non-hydrogen) atoms. The van der Waals surface area contributed by atoms with Gasteiger partial charge in [-0.15, -0.1) is 11.6 Å². The van der Waals surface area contributed by atoms with Crippen molar-refractivity contribution in [3.63, 3.8) is 0 Å². The molecular weight excluding hydrogens is 242 g/mol. The smallest absolute Gasteiger partial charge is 0.221 e. The molecule has 0 unspecified atom stereocenters. The maximum Gasteiger partial charge on any atom is 0.221 e. The summed E-state index contributed by atoms with van der Waals surface area (Å²) in [5.74, 6) is -0.0724. The molecule has 4 nitrogen and oxygen atoms in total. The molecule has 0 aliphatic heterocycles. The second-order valence-corrected chi connectivity index (χ2v) is 3.65. The molecule has 0 atom stereocenters. The highest BCUT2D eigenvalue weighted by atomic mass is 35.5. The normalized spacial score (nSPS) is 9.82. The highest BCUT2D eigenvalue weighted by Gasteiger charge is 2.12. The first-order valence-electron chi connectivity index (χ1n) is 5.22. The fourth-order valence-corrected chi connectivity index (χ4v) is 1.53. The van der Waals surface area contributed by atoms with Gasteiger partial charge in [-0.2, -0.15) is 0 Å². The molecule has 0 fully saturated rings. The summed E-state index contributed by atoms with van der Waals surface area (Å²) in [5.41, 5.74) is 0.933.